The number of benzene rings is 2. The summed E-state index contributed by atoms with van der Waals surface area (Å²) in [6.07, 6.45) is 3.07. The molecule has 2 aromatic rings. The van der Waals surface area contributed by atoms with E-state index in [1.54, 1.807) is 19.2 Å². The minimum atomic E-state index is -0.526. The van der Waals surface area contributed by atoms with Crippen LogP contribution in [-0.4, -0.2) is 41.7 Å². The number of rotatable bonds is 9. The largest absolute Gasteiger partial charge is 0.489 e. The summed E-state index contributed by atoms with van der Waals surface area (Å²) in [5.74, 6) is 0.180. The molecule has 0 aromatic heterocycles. The van der Waals surface area contributed by atoms with Crippen molar-refractivity contribution in [2.45, 2.75) is 72.3 Å². The van der Waals surface area contributed by atoms with Gasteiger partial charge in [-0.25, -0.2) is 0 Å². The maximum absolute atomic E-state index is 14.1. The first-order chi connectivity index (χ1) is 19.9. The minimum Gasteiger partial charge on any atom is -0.489 e. The first-order valence-electron chi connectivity index (χ1n) is 14.6. The highest BCUT2D eigenvalue weighted by Crippen LogP contribution is 2.55. The lowest BCUT2D eigenvalue weighted by Gasteiger charge is -2.49. The van der Waals surface area contributed by atoms with Crippen molar-refractivity contribution in [2.24, 2.45) is 10.8 Å². The number of hydrogen-bond donors (Lipinski definition) is 0. The Morgan fingerprint density at radius 3 is 2.12 bits per heavy atom. The summed E-state index contributed by atoms with van der Waals surface area (Å²) in [5.41, 5.74) is 4.45. The second-order valence-electron chi connectivity index (χ2n) is 13.3. The fraction of sp³-hybridized carbons (Fsp3) is 0.471. The Morgan fingerprint density at radius 1 is 0.905 bits per heavy atom. The molecule has 2 aromatic carbocycles. The molecule has 0 fully saturated rings. The monoisotopic (exact) mass is 572 g/mol. The summed E-state index contributed by atoms with van der Waals surface area (Å²) in [5, 5.41) is 11.3. The highest BCUT2D eigenvalue weighted by Gasteiger charge is 2.49. The van der Waals surface area contributed by atoms with Gasteiger partial charge in [0.15, 0.2) is 11.6 Å². The number of allylic oxidation sites excluding steroid dienone is 4. The number of carbonyl (C=O) groups excluding carboxylic acids is 2. The van der Waals surface area contributed by atoms with Crippen LogP contribution in [0.4, 0.5) is 5.69 Å². The van der Waals surface area contributed by atoms with Crippen LogP contribution in [0.3, 0.4) is 0 Å². The van der Waals surface area contributed by atoms with E-state index >= 15 is 0 Å². The van der Waals surface area contributed by atoms with Crippen LogP contribution in [0.1, 0.15) is 76.8 Å². The van der Waals surface area contributed by atoms with E-state index in [0.717, 1.165) is 36.2 Å². The van der Waals surface area contributed by atoms with Crippen LogP contribution in [0.2, 0.25) is 0 Å². The molecule has 222 valence electrons. The Balaban J connectivity index is 1.64. The van der Waals surface area contributed by atoms with Crippen LogP contribution in [-0.2, 0) is 20.9 Å². The molecule has 0 amide bonds. The molecular weight excluding hydrogens is 532 g/mol. The van der Waals surface area contributed by atoms with Crippen molar-refractivity contribution in [1.29, 1.82) is 0 Å². The molecule has 42 heavy (non-hydrogen) atoms. The van der Waals surface area contributed by atoms with Crippen LogP contribution in [0.5, 0.6) is 5.75 Å². The third-order valence-electron chi connectivity index (χ3n) is 8.50. The SMILES string of the molecule is COCCCN1C2=C(C(=O)CC(C)(C)C2)C(c2ccccc2OCc2cccc([N+](=O)[O-])c2)C2=C1CC(C)(C)CC2=O. The summed E-state index contributed by atoms with van der Waals surface area (Å²) in [6.45, 7) is 9.91. The molecule has 0 saturated carbocycles. The second kappa shape index (κ2) is 11.5. The first-order valence-corrected chi connectivity index (χ1v) is 14.6. The Kier molecular flexibility index (Phi) is 8.12. The number of ketones is 2. The number of para-hydroxylation sites is 1. The van der Waals surface area contributed by atoms with Crippen LogP contribution in [0.15, 0.2) is 71.1 Å². The van der Waals surface area contributed by atoms with Gasteiger partial charge in [-0.3, -0.25) is 19.7 Å². The van der Waals surface area contributed by atoms with Gasteiger partial charge in [0.2, 0.25) is 0 Å². The van der Waals surface area contributed by atoms with Crippen molar-refractivity contribution in [3.63, 3.8) is 0 Å². The molecule has 2 aliphatic carbocycles. The standard InChI is InChI=1S/C34H40N2O6/c1-33(2)17-25-31(27(37)19-33)30(32-26(35(25)14-9-15-41-5)18-34(3,4)20-28(32)38)24-12-6-7-13-29(24)42-21-22-10-8-11-23(16-22)36(39)40/h6-8,10-13,16,30H,9,14-15,17-21H2,1-5H3. The van der Waals surface area contributed by atoms with E-state index in [-0.39, 0.29) is 34.7 Å². The summed E-state index contributed by atoms with van der Waals surface area (Å²) in [4.78, 5) is 41.3. The van der Waals surface area contributed by atoms with Gasteiger partial charge in [-0.15, -0.1) is 0 Å². The third-order valence-corrected chi connectivity index (χ3v) is 8.50. The van der Waals surface area contributed by atoms with Crippen molar-refractivity contribution in [3.05, 3.63) is 92.3 Å². The van der Waals surface area contributed by atoms with Crippen molar-refractivity contribution in [3.8, 4) is 5.75 Å². The fourth-order valence-corrected chi connectivity index (χ4v) is 6.77. The van der Waals surface area contributed by atoms with Crippen LogP contribution in [0.25, 0.3) is 0 Å². The molecule has 0 radical (unpaired) electrons. The van der Waals surface area contributed by atoms with Gasteiger partial charge in [-0.05, 0) is 41.7 Å². The van der Waals surface area contributed by atoms with Crippen molar-refractivity contribution < 1.29 is 24.0 Å². The molecule has 0 saturated heterocycles. The van der Waals surface area contributed by atoms with Gasteiger partial charge in [0.25, 0.3) is 5.69 Å². The van der Waals surface area contributed by atoms with E-state index in [0.29, 0.717) is 48.5 Å². The molecule has 1 heterocycles. The smallest absolute Gasteiger partial charge is 0.269 e. The van der Waals surface area contributed by atoms with Gasteiger partial charge in [-0.2, -0.15) is 0 Å². The third kappa shape index (κ3) is 5.91. The lowest BCUT2D eigenvalue weighted by molar-refractivity contribution is -0.384. The van der Waals surface area contributed by atoms with Crippen molar-refractivity contribution in [1.82, 2.24) is 4.90 Å². The Hall–Kier alpha value is -3.78. The summed E-state index contributed by atoms with van der Waals surface area (Å²) in [6, 6.07) is 14.0. The van der Waals surface area contributed by atoms with Gasteiger partial charge in [0, 0.05) is 79.3 Å². The fourth-order valence-electron chi connectivity index (χ4n) is 6.77. The van der Waals surface area contributed by atoms with Gasteiger partial charge in [0.05, 0.1) is 4.92 Å². The molecular formula is C34H40N2O6. The molecule has 0 atom stereocenters. The van der Waals surface area contributed by atoms with Crippen LogP contribution < -0.4 is 4.74 Å². The molecule has 0 bridgehead atoms. The number of carbonyl (C=O) groups is 2. The van der Waals surface area contributed by atoms with Gasteiger partial charge >= 0.3 is 0 Å². The average Bonchev–Trinajstić information content (AvgIpc) is 2.91. The zero-order valence-corrected chi connectivity index (χ0v) is 25.2. The summed E-state index contributed by atoms with van der Waals surface area (Å²) >= 11 is 0. The van der Waals surface area contributed by atoms with Gasteiger partial charge in [-0.1, -0.05) is 58.0 Å². The minimum absolute atomic E-state index is 0.000610. The normalized spacial score (nSPS) is 20.0. The summed E-state index contributed by atoms with van der Waals surface area (Å²) < 4.78 is 11.7. The number of methoxy groups -OCH3 is 1. The highest BCUT2D eigenvalue weighted by atomic mass is 16.6. The van der Waals surface area contributed by atoms with Crippen LogP contribution in [0, 0.1) is 20.9 Å². The number of non-ortho nitro benzene ring substituents is 1. The molecule has 0 spiro atoms. The molecule has 3 aliphatic rings. The van der Waals surface area contributed by atoms with E-state index in [4.69, 9.17) is 9.47 Å². The van der Waals surface area contributed by atoms with E-state index < -0.39 is 10.8 Å². The Morgan fingerprint density at radius 2 is 1.52 bits per heavy atom. The zero-order valence-electron chi connectivity index (χ0n) is 25.2. The topological polar surface area (TPSA) is 99.0 Å². The second-order valence-corrected chi connectivity index (χ2v) is 13.3. The quantitative estimate of drug-likeness (QED) is 0.183. The number of Topliss-reactive ketones (excluding diaryl/α,β-unsaturated/α-hetero) is 2. The van der Waals surface area contributed by atoms with Crippen LogP contribution >= 0.6 is 0 Å². The Bertz CT molecular complexity index is 1430. The maximum Gasteiger partial charge on any atom is 0.269 e. The number of nitro benzene ring substituents is 1. The molecule has 5 rings (SSSR count). The highest BCUT2D eigenvalue weighted by molar-refractivity contribution is 6.07. The van der Waals surface area contributed by atoms with Crippen molar-refractivity contribution in [2.75, 3.05) is 20.3 Å². The predicted octanol–water partition coefficient (Wildman–Crippen LogP) is 6.90. The van der Waals surface area contributed by atoms with Gasteiger partial charge < -0.3 is 14.4 Å². The molecule has 8 heteroatoms. The first kappa shape index (κ1) is 29.7. The van der Waals surface area contributed by atoms with E-state index in [1.165, 1.54) is 12.1 Å². The molecule has 0 N–H and O–H groups in total. The number of nitro groups is 1. The number of nitrogens with zero attached hydrogens (tertiary/aromatic N) is 2. The van der Waals surface area contributed by atoms with Crippen molar-refractivity contribution >= 4 is 17.3 Å². The molecule has 8 nitrogen and oxygen atoms in total. The van der Waals surface area contributed by atoms with E-state index in [9.17, 15) is 19.7 Å². The van der Waals surface area contributed by atoms with E-state index in [1.807, 2.05) is 24.3 Å². The Labute approximate surface area is 247 Å². The van der Waals surface area contributed by atoms with Gasteiger partial charge in [0.1, 0.15) is 12.4 Å². The predicted molar refractivity (Wildman–Crippen MR) is 160 cm³/mol. The molecule has 0 unspecified atom stereocenters. The lowest BCUT2D eigenvalue weighted by Crippen LogP contribution is -2.44. The lowest BCUT2D eigenvalue weighted by atomic mass is 9.63. The maximum atomic E-state index is 14.1. The average molecular weight is 573 g/mol. The van der Waals surface area contributed by atoms with E-state index in [2.05, 4.69) is 32.6 Å². The number of ether oxygens (including phenoxy) is 2. The zero-order chi connectivity index (χ0) is 30.2. The number of hydrogen-bond acceptors (Lipinski definition) is 7. The molecule has 1 aliphatic heterocycles. The summed E-state index contributed by atoms with van der Waals surface area (Å²) in [7, 11) is 1.69.